The first-order valence-electron chi connectivity index (χ1n) is 9.75. The maximum absolute atomic E-state index is 4.95. The van der Waals surface area contributed by atoms with E-state index in [9.17, 15) is 0 Å². The van der Waals surface area contributed by atoms with Gasteiger partial charge in [-0.15, -0.1) is 0 Å². The SMILES string of the molecule is Brc1c(-c2ccccc2)nn(C2=NCN(c3ccccc3)C=C2)c1-c1ccccc1. The van der Waals surface area contributed by atoms with E-state index in [-0.39, 0.29) is 0 Å². The van der Waals surface area contributed by atoms with E-state index in [0.717, 1.165) is 38.5 Å². The Morgan fingerprint density at radius 3 is 1.93 bits per heavy atom. The van der Waals surface area contributed by atoms with E-state index < -0.39 is 0 Å². The second-order valence-electron chi connectivity index (χ2n) is 6.93. The van der Waals surface area contributed by atoms with Crippen LogP contribution in [0.1, 0.15) is 0 Å². The summed E-state index contributed by atoms with van der Waals surface area (Å²) < 4.78 is 2.89. The number of rotatable bonds is 3. The molecule has 0 saturated carbocycles. The quantitative estimate of drug-likeness (QED) is 0.368. The number of para-hydroxylation sites is 1. The minimum atomic E-state index is 0.544. The van der Waals surface area contributed by atoms with Crippen LogP contribution in [0.25, 0.3) is 22.5 Å². The topological polar surface area (TPSA) is 33.4 Å². The Bertz CT molecular complexity index is 1210. The molecule has 1 aliphatic rings. The van der Waals surface area contributed by atoms with Gasteiger partial charge < -0.3 is 4.90 Å². The van der Waals surface area contributed by atoms with Crippen molar-refractivity contribution in [2.24, 2.45) is 4.99 Å². The molecule has 4 aromatic rings. The van der Waals surface area contributed by atoms with Crippen molar-refractivity contribution in [1.82, 2.24) is 9.78 Å². The lowest BCUT2D eigenvalue weighted by molar-refractivity contribution is 0.893. The van der Waals surface area contributed by atoms with Crippen molar-refractivity contribution in [3.05, 3.63) is 108 Å². The number of anilines is 1. The van der Waals surface area contributed by atoms with E-state index in [2.05, 4.69) is 63.4 Å². The lowest BCUT2D eigenvalue weighted by Gasteiger charge is -2.22. The maximum atomic E-state index is 4.95. The molecule has 0 atom stereocenters. The zero-order chi connectivity index (χ0) is 20.3. The van der Waals surface area contributed by atoms with Crippen LogP contribution in [-0.2, 0) is 0 Å². The number of allylic oxidation sites excluding steroid dienone is 1. The van der Waals surface area contributed by atoms with Gasteiger partial charge in [-0.25, -0.2) is 9.67 Å². The minimum absolute atomic E-state index is 0.544. The van der Waals surface area contributed by atoms with Gasteiger partial charge in [-0.3, -0.25) is 0 Å². The number of hydrogen-bond donors (Lipinski definition) is 0. The van der Waals surface area contributed by atoms with Crippen molar-refractivity contribution in [2.75, 3.05) is 11.6 Å². The molecule has 0 radical (unpaired) electrons. The summed E-state index contributed by atoms with van der Waals surface area (Å²) in [5, 5.41) is 4.95. The zero-order valence-corrected chi connectivity index (χ0v) is 17.8. The standard InChI is InChI=1S/C25H19BrN4/c26-23-24(19-10-4-1-5-11-19)28-30(25(23)20-12-6-2-7-13-20)22-16-17-29(18-27-22)21-14-8-3-9-15-21/h1-17H,18H2. The highest BCUT2D eigenvalue weighted by molar-refractivity contribution is 9.10. The van der Waals surface area contributed by atoms with E-state index in [1.807, 2.05) is 65.4 Å². The van der Waals surface area contributed by atoms with Crippen molar-refractivity contribution >= 4 is 27.5 Å². The van der Waals surface area contributed by atoms with Crippen LogP contribution in [0.15, 0.2) is 113 Å². The van der Waals surface area contributed by atoms with Gasteiger partial charge in [0.05, 0.1) is 10.2 Å². The van der Waals surface area contributed by atoms with Gasteiger partial charge in [-0.05, 0) is 34.1 Å². The second-order valence-corrected chi connectivity index (χ2v) is 7.73. The number of hydrogen-bond acceptors (Lipinski definition) is 3. The Kier molecular flexibility index (Phi) is 5.03. The van der Waals surface area contributed by atoms with E-state index in [1.165, 1.54) is 0 Å². The molecule has 1 aromatic heterocycles. The molecular formula is C25H19BrN4. The third-order valence-electron chi connectivity index (χ3n) is 5.02. The molecule has 2 heterocycles. The number of benzene rings is 3. The maximum Gasteiger partial charge on any atom is 0.152 e. The summed E-state index contributed by atoms with van der Waals surface area (Å²) >= 11 is 3.82. The van der Waals surface area contributed by atoms with Crippen LogP contribution in [0.4, 0.5) is 5.69 Å². The fourth-order valence-corrected chi connectivity index (χ4v) is 4.23. The fourth-order valence-electron chi connectivity index (χ4n) is 3.52. The zero-order valence-electron chi connectivity index (χ0n) is 16.2. The van der Waals surface area contributed by atoms with Gasteiger partial charge in [0.1, 0.15) is 12.4 Å². The molecule has 0 amide bonds. The molecule has 146 valence electrons. The highest BCUT2D eigenvalue weighted by Crippen LogP contribution is 2.37. The van der Waals surface area contributed by atoms with Gasteiger partial charge in [-0.2, -0.15) is 5.10 Å². The van der Waals surface area contributed by atoms with E-state index in [0.29, 0.717) is 6.67 Å². The van der Waals surface area contributed by atoms with Crippen LogP contribution in [0.5, 0.6) is 0 Å². The van der Waals surface area contributed by atoms with Crippen LogP contribution < -0.4 is 4.90 Å². The smallest absolute Gasteiger partial charge is 0.152 e. The average molecular weight is 455 g/mol. The molecule has 3 aromatic carbocycles. The normalized spacial score (nSPS) is 13.4. The summed E-state index contributed by atoms with van der Waals surface area (Å²) in [5.41, 5.74) is 5.15. The molecule has 5 heteroatoms. The van der Waals surface area contributed by atoms with Crippen molar-refractivity contribution in [2.45, 2.75) is 0 Å². The van der Waals surface area contributed by atoms with Crippen LogP contribution in [0, 0.1) is 0 Å². The van der Waals surface area contributed by atoms with Crippen LogP contribution >= 0.6 is 15.9 Å². The molecule has 4 nitrogen and oxygen atoms in total. The summed E-state index contributed by atoms with van der Waals surface area (Å²) in [6.45, 7) is 0.544. The van der Waals surface area contributed by atoms with Gasteiger partial charge >= 0.3 is 0 Å². The number of aromatic nitrogens is 2. The summed E-state index contributed by atoms with van der Waals surface area (Å²) in [4.78, 5) is 6.94. The predicted molar refractivity (Wildman–Crippen MR) is 127 cm³/mol. The molecule has 5 rings (SSSR count). The Morgan fingerprint density at radius 1 is 0.733 bits per heavy atom. The number of halogens is 1. The van der Waals surface area contributed by atoms with Gasteiger partial charge in [0.15, 0.2) is 5.84 Å². The van der Waals surface area contributed by atoms with E-state index >= 15 is 0 Å². The average Bonchev–Trinajstić information content (AvgIpc) is 3.18. The molecule has 0 unspecified atom stereocenters. The third-order valence-corrected chi connectivity index (χ3v) is 5.77. The molecule has 0 spiro atoms. The van der Waals surface area contributed by atoms with Gasteiger partial charge in [0.25, 0.3) is 0 Å². The first kappa shape index (κ1) is 18.6. The Morgan fingerprint density at radius 2 is 1.33 bits per heavy atom. The molecule has 0 fully saturated rings. The van der Waals surface area contributed by atoms with E-state index in [1.54, 1.807) is 0 Å². The van der Waals surface area contributed by atoms with Crippen LogP contribution in [0.3, 0.4) is 0 Å². The lowest BCUT2D eigenvalue weighted by atomic mass is 10.1. The summed E-state index contributed by atoms with van der Waals surface area (Å²) in [5.74, 6) is 0.809. The van der Waals surface area contributed by atoms with Gasteiger partial charge in [0.2, 0.25) is 0 Å². The molecule has 0 bridgehead atoms. The van der Waals surface area contributed by atoms with Crippen molar-refractivity contribution in [1.29, 1.82) is 0 Å². The monoisotopic (exact) mass is 454 g/mol. The largest absolute Gasteiger partial charge is 0.328 e. The Balaban J connectivity index is 1.58. The number of aliphatic imine (C=N–C) groups is 1. The Labute approximate surface area is 183 Å². The molecule has 0 saturated heterocycles. The second kappa shape index (κ2) is 8.13. The lowest BCUT2D eigenvalue weighted by Crippen LogP contribution is -2.25. The number of nitrogens with zero attached hydrogens (tertiary/aromatic N) is 4. The van der Waals surface area contributed by atoms with Crippen LogP contribution in [-0.4, -0.2) is 22.3 Å². The summed E-state index contributed by atoms with van der Waals surface area (Å²) in [7, 11) is 0. The molecule has 0 aliphatic carbocycles. The minimum Gasteiger partial charge on any atom is -0.328 e. The van der Waals surface area contributed by atoms with Crippen molar-refractivity contribution < 1.29 is 0 Å². The fraction of sp³-hybridized carbons (Fsp3) is 0.0400. The Hall–Kier alpha value is -3.44. The van der Waals surface area contributed by atoms with Crippen molar-refractivity contribution in [3.8, 4) is 22.5 Å². The first-order chi connectivity index (χ1) is 14.8. The van der Waals surface area contributed by atoms with Gasteiger partial charge in [0, 0.05) is 23.0 Å². The van der Waals surface area contributed by atoms with Crippen LogP contribution in [0.2, 0.25) is 0 Å². The van der Waals surface area contributed by atoms with E-state index in [4.69, 9.17) is 10.1 Å². The van der Waals surface area contributed by atoms with Crippen molar-refractivity contribution in [3.63, 3.8) is 0 Å². The summed E-state index contributed by atoms with van der Waals surface area (Å²) in [6.07, 6.45) is 4.07. The van der Waals surface area contributed by atoms with Gasteiger partial charge in [-0.1, -0.05) is 78.9 Å². The highest BCUT2D eigenvalue weighted by Gasteiger charge is 2.22. The first-order valence-corrected chi connectivity index (χ1v) is 10.5. The third kappa shape index (κ3) is 3.48. The molecule has 30 heavy (non-hydrogen) atoms. The predicted octanol–water partition coefficient (Wildman–Crippen LogP) is 6.22. The molecule has 1 aliphatic heterocycles. The summed E-state index contributed by atoms with van der Waals surface area (Å²) in [6, 6.07) is 30.7. The molecule has 0 N–H and O–H groups in total. The highest BCUT2D eigenvalue weighted by atomic mass is 79.9. The molecular weight excluding hydrogens is 436 g/mol.